The Kier molecular flexibility index (Phi) is 4.31. The first-order valence-electron chi connectivity index (χ1n) is 7.97. The summed E-state index contributed by atoms with van der Waals surface area (Å²) in [5.74, 6) is 1.61. The minimum Gasteiger partial charge on any atom is -0.486 e. The highest BCUT2D eigenvalue weighted by molar-refractivity contribution is 6.99. The van der Waals surface area contributed by atoms with Gasteiger partial charge in [-0.2, -0.15) is 8.75 Å². The standard InChI is InChI=1S/C16H18N4O3S/c21-16(13-10-17-24-18-13)20-5-3-19(4-6-20)11-12-1-2-14-15(9-12)23-8-7-22-14/h1-2,9-10H,3-8,11H2. The summed E-state index contributed by atoms with van der Waals surface area (Å²) in [4.78, 5) is 16.5. The topological polar surface area (TPSA) is 67.8 Å². The summed E-state index contributed by atoms with van der Waals surface area (Å²) in [7, 11) is 0. The number of nitrogens with zero attached hydrogens (tertiary/aromatic N) is 4. The van der Waals surface area contributed by atoms with Crippen molar-refractivity contribution in [3.8, 4) is 11.5 Å². The zero-order chi connectivity index (χ0) is 16.4. The second-order valence-electron chi connectivity index (χ2n) is 5.84. The number of hydrogen-bond donors (Lipinski definition) is 0. The van der Waals surface area contributed by atoms with Gasteiger partial charge >= 0.3 is 0 Å². The van der Waals surface area contributed by atoms with E-state index in [-0.39, 0.29) is 5.91 Å². The second kappa shape index (κ2) is 6.74. The summed E-state index contributed by atoms with van der Waals surface area (Å²) >= 11 is 1.07. The van der Waals surface area contributed by atoms with Crippen LogP contribution in [0.5, 0.6) is 11.5 Å². The third-order valence-electron chi connectivity index (χ3n) is 4.25. The number of benzene rings is 1. The molecule has 0 unspecified atom stereocenters. The fraction of sp³-hybridized carbons (Fsp3) is 0.438. The lowest BCUT2D eigenvalue weighted by Gasteiger charge is -2.34. The lowest BCUT2D eigenvalue weighted by Crippen LogP contribution is -2.48. The zero-order valence-corrected chi connectivity index (χ0v) is 14.0. The molecule has 0 atom stereocenters. The second-order valence-corrected chi connectivity index (χ2v) is 6.40. The van der Waals surface area contributed by atoms with E-state index in [9.17, 15) is 4.79 Å². The summed E-state index contributed by atoms with van der Waals surface area (Å²) < 4.78 is 19.1. The van der Waals surface area contributed by atoms with Crippen LogP contribution in [0.4, 0.5) is 0 Å². The van der Waals surface area contributed by atoms with Gasteiger partial charge in [-0.25, -0.2) is 0 Å². The molecule has 2 aromatic rings. The minimum atomic E-state index is -0.0253. The lowest BCUT2D eigenvalue weighted by molar-refractivity contribution is 0.0623. The van der Waals surface area contributed by atoms with E-state index in [4.69, 9.17) is 9.47 Å². The number of aromatic nitrogens is 2. The number of carbonyl (C=O) groups is 1. The molecule has 1 aromatic carbocycles. The number of carbonyl (C=O) groups excluding carboxylic acids is 1. The van der Waals surface area contributed by atoms with E-state index in [1.807, 2.05) is 17.0 Å². The first-order chi connectivity index (χ1) is 11.8. The molecule has 3 heterocycles. The molecule has 1 amide bonds. The van der Waals surface area contributed by atoms with Gasteiger partial charge in [0.2, 0.25) is 0 Å². The maximum Gasteiger partial charge on any atom is 0.275 e. The Labute approximate surface area is 144 Å². The molecule has 1 aromatic heterocycles. The molecule has 24 heavy (non-hydrogen) atoms. The monoisotopic (exact) mass is 346 g/mol. The predicted molar refractivity (Wildman–Crippen MR) is 88.5 cm³/mol. The van der Waals surface area contributed by atoms with Crippen LogP contribution in [0, 0.1) is 0 Å². The van der Waals surface area contributed by atoms with E-state index in [0.717, 1.165) is 42.9 Å². The van der Waals surface area contributed by atoms with E-state index >= 15 is 0 Å². The minimum absolute atomic E-state index is 0.0253. The Morgan fingerprint density at radius 3 is 2.67 bits per heavy atom. The molecule has 126 valence electrons. The van der Waals surface area contributed by atoms with E-state index in [2.05, 4.69) is 19.7 Å². The molecular formula is C16H18N4O3S. The number of piperazine rings is 1. The van der Waals surface area contributed by atoms with Crippen molar-refractivity contribution in [3.63, 3.8) is 0 Å². The van der Waals surface area contributed by atoms with Gasteiger partial charge in [0.15, 0.2) is 17.2 Å². The molecule has 8 heteroatoms. The third kappa shape index (κ3) is 3.20. The number of hydrogen-bond acceptors (Lipinski definition) is 7. The number of ether oxygens (including phenoxy) is 2. The van der Waals surface area contributed by atoms with Gasteiger partial charge in [-0.05, 0) is 17.7 Å². The summed E-state index contributed by atoms with van der Waals surface area (Å²) in [6.07, 6.45) is 1.54. The van der Waals surface area contributed by atoms with Crippen molar-refractivity contribution in [3.05, 3.63) is 35.7 Å². The molecule has 2 aliphatic rings. The molecule has 0 aliphatic carbocycles. The van der Waals surface area contributed by atoms with Crippen LogP contribution < -0.4 is 9.47 Å². The van der Waals surface area contributed by atoms with Gasteiger partial charge in [-0.1, -0.05) is 6.07 Å². The highest BCUT2D eigenvalue weighted by Gasteiger charge is 2.24. The zero-order valence-electron chi connectivity index (χ0n) is 13.2. The van der Waals surface area contributed by atoms with Crippen molar-refractivity contribution in [2.45, 2.75) is 6.54 Å². The predicted octanol–water partition coefficient (Wildman–Crippen LogP) is 1.27. The molecule has 0 bridgehead atoms. The molecule has 4 rings (SSSR count). The first kappa shape index (κ1) is 15.3. The normalized spacial score (nSPS) is 17.8. The molecule has 1 fully saturated rings. The maximum atomic E-state index is 12.3. The molecule has 1 saturated heterocycles. The van der Waals surface area contributed by atoms with Crippen molar-refractivity contribution in [1.82, 2.24) is 18.5 Å². The van der Waals surface area contributed by atoms with Crippen molar-refractivity contribution in [2.24, 2.45) is 0 Å². The smallest absolute Gasteiger partial charge is 0.275 e. The van der Waals surface area contributed by atoms with Gasteiger partial charge in [-0.3, -0.25) is 9.69 Å². The molecule has 0 N–H and O–H groups in total. The average molecular weight is 346 g/mol. The van der Waals surface area contributed by atoms with Crippen LogP contribution in [-0.2, 0) is 6.54 Å². The number of amides is 1. The summed E-state index contributed by atoms with van der Waals surface area (Å²) in [6.45, 7) is 5.16. The average Bonchev–Trinajstić information content (AvgIpc) is 3.16. The number of fused-ring (bicyclic) bond motifs is 1. The van der Waals surface area contributed by atoms with E-state index in [1.54, 1.807) is 0 Å². The third-order valence-corrected chi connectivity index (χ3v) is 4.73. The Morgan fingerprint density at radius 2 is 1.92 bits per heavy atom. The summed E-state index contributed by atoms with van der Waals surface area (Å²) in [5.41, 5.74) is 1.64. The highest BCUT2D eigenvalue weighted by Crippen LogP contribution is 2.31. The maximum absolute atomic E-state index is 12.3. The van der Waals surface area contributed by atoms with Crippen molar-refractivity contribution in [2.75, 3.05) is 39.4 Å². The van der Waals surface area contributed by atoms with Crippen molar-refractivity contribution >= 4 is 17.6 Å². The molecular weight excluding hydrogens is 328 g/mol. The SMILES string of the molecule is O=C(c1cnsn1)N1CCN(Cc2ccc3c(c2)OCCO3)CC1. The van der Waals surface area contributed by atoms with E-state index in [1.165, 1.54) is 11.8 Å². The molecule has 2 aliphatic heterocycles. The van der Waals surface area contributed by atoms with Crippen LogP contribution >= 0.6 is 11.7 Å². The fourth-order valence-electron chi connectivity index (χ4n) is 2.97. The fourth-order valence-corrected chi connectivity index (χ4v) is 3.38. The van der Waals surface area contributed by atoms with Crippen LogP contribution in [-0.4, -0.2) is 63.8 Å². The van der Waals surface area contributed by atoms with Gasteiger partial charge in [-0.15, -0.1) is 0 Å². The van der Waals surface area contributed by atoms with E-state index < -0.39 is 0 Å². The summed E-state index contributed by atoms with van der Waals surface area (Å²) in [6, 6.07) is 6.10. The van der Waals surface area contributed by atoms with E-state index in [0.29, 0.717) is 32.0 Å². The Hall–Kier alpha value is -2.19. The molecule has 0 radical (unpaired) electrons. The quantitative estimate of drug-likeness (QED) is 0.834. The van der Waals surface area contributed by atoms with Crippen LogP contribution in [0.1, 0.15) is 16.1 Å². The van der Waals surface area contributed by atoms with Gasteiger partial charge in [0.05, 0.1) is 17.9 Å². The molecule has 0 spiro atoms. The van der Waals surface area contributed by atoms with Crippen LogP contribution in [0.2, 0.25) is 0 Å². The van der Waals surface area contributed by atoms with Crippen molar-refractivity contribution in [1.29, 1.82) is 0 Å². The van der Waals surface area contributed by atoms with Gasteiger partial charge < -0.3 is 14.4 Å². The van der Waals surface area contributed by atoms with Gasteiger partial charge in [0.1, 0.15) is 13.2 Å². The Bertz CT molecular complexity index is 714. The lowest BCUT2D eigenvalue weighted by atomic mass is 10.1. The molecule has 0 saturated carbocycles. The van der Waals surface area contributed by atoms with Crippen LogP contribution in [0.15, 0.2) is 24.4 Å². The largest absolute Gasteiger partial charge is 0.486 e. The Balaban J connectivity index is 1.34. The molecule has 7 nitrogen and oxygen atoms in total. The van der Waals surface area contributed by atoms with Crippen LogP contribution in [0.3, 0.4) is 0 Å². The summed E-state index contributed by atoms with van der Waals surface area (Å²) in [5, 5.41) is 0. The van der Waals surface area contributed by atoms with Crippen molar-refractivity contribution < 1.29 is 14.3 Å². The number of rotatable bonds is 3. The highest BCUT2D eigenvalue weighted by atomic mass is 32.1. The van der Waals surface area contributed by atoms with Gasteiger partial charge in [0.25, 0.3) is 5.91 Å². The van der Waals surface area contributed by atoms with Gasteiger partial charge in [0, 0.05) is 32.7 Å². The first-order valence-corrected chi connectivity index (χ1v) is 8.70. The van der Waals surface area contributed by atoms with Crippen LogP contribution in [0.25, 0.3) is 0 Å². The Morgan fingerprint density at radius 1 is 1.12 bits per heavy atom.